The molecule has 0 saturated heterocycles. The quantitative estimate of drug-likeness (QED) is 0.285. The minimum absolute atomic E-state index is 0.317. The molecule has 92 valence electrons. The summed E-state index contributed by atoms with van der Waals surface area (Å²) in [6.45, 7) is 3.50. The minimum atomic E-state index is -1.24. The van der Waals surface area contributed by atoms with Gasteiger partial charge in [-0.2, -0.15) is 0 Å². The minimum Gasteiger partial charge on any atom is -0.481 e. The summed E-state index contributed by atoms with van der Waals surface area (Å²) in [4.78, 5) is 21.4. The van der Waals surface area contributed by atoms with E-state index in [0.29, 0.717) is 6.42 Å². The van der Waals surface area contributed by atoms with Crippen LogP contribution in [-0.4, -0.2) is 43.7 Å². The Morgan fingerprint density at radius 1 is 1.38 bits per heavy atom. The fourth-order valence-electron chi connectivity index (χ4n) is 1.11. The van der Waals surface area contributed by atoms with Gasteiger partial charge in [0.15, 0.2) is 12.4 Å². The van der Waals surface area contributed by atoms with Crippen molar-refractivity contribution >= 4 is 11.9 Å². The van der Waals surface area contributed by atoms with E-state index in [9.17, 15) is 9.59 Å². The van der Waals surface area contributed by atoms with Crippen LogP contribution in [0, 0.1) is 0 Å². The second-order valence-electron chi connectivity index (χ2n) is 2.96. The Morgan fingerprint density at radius 3 is 2.31 bits per heavy atom. The second-order valence-corrected chi connectivity index (χ2v) is 2.96. The number of methoxy groups -OCH3 is 2. The Bertz CT molecular complexity index is 246. The Labute approximate surface area is 93.8 Å². The van der Waals surface area contributed by atoms with Gasteiger partial charge in [0.1, 0.15) is 6.42 Å². The van der Waals surface area contributed by atoms with Gasteiger partial charge >= 0.3 is 11.9 Å². The molecule has 6 heteroatoms. The monoisotopic (exact) mass is 232 g/mol. The van der Waals surface area contributed by atoms with E-state index in [4.69, 9.17) is 19.3 Å². The summed E-state index contributed by atoms with van der Waals surface area (Å²) < 4.78 is 14.8. The Morgan fingerprint density at radius 2 is 1.94 bits per heavy atom. The molecular weight excluding hydrogens is 216 g/mol. The van der Waals surface area contributed by atoms with Crippen LogP contribution in [0.5, 0.6) is 0 Å². The van der Waals surface area contributed by atoms with Crippen LogP contribution >= 0.6 is 0 Å². The first-order valence-corrected chi connectivity index (χ1v) is 4.62. The van der Waals surface area contributed by atoms with Gasteiger partial charge in [0.05, 0.1) is 0 Å². The van der Waals surface area contributed by atoms with Crippen molar-refractivity contribution < 1.29 is 28.9 Å². The normalized spacial score (nSPS) is 12.2. The molecule has 0 amide bonds. The van der Waals surface area contributed by atoms with E-state index in [0.717, 1.165) is 0 Å². The summed E-state index contributed by atoms with van der Waals surface area (Å²) in [7, 11) is 2.80. The van der Waals surface area contributed by atoms with Crippen molar-refractivity contribution in [3.63, 3.8) is 0 Å². The highest BCUT2D eigenvalue weighted by Crippen LogP contribution is 2.10. The number of carboxylic acids is 1. The van der Waals surface area contributed by atoms with Crippen molar-refractivity contribution in [2.24, 2.45) is 0 Å². The zero-order valence-corrected chi connectivity index (χ0v) is 9.34. The van der Waals surface area contributed by atoms with Crippen LogP contribution in [0.2, 0.25) is 0 Å². The van der Waals surface area contributed by atoms with Crippen LogP contribution in [-0.2, 0) is 23.8 Å². The van der Waals surface area contributed by atoms with Gasteiger partial charge in [-0.15, -0.1) is 6.58 Å². The van der Waals surface area contributed by atoms with Gasteiger partial charge in [-0.05, 0) is 0 Å². The van der Waals surface area contributed by atoms with Crippen LogP contribution in [0.25, 0.3) is 0 Å². The maximum atomic E-state index is 11.1. The number of carboxylic acid groups (broad SMARTS) is 1. The smallest absolute Gasteiger partial charge is 0.317 e. The fraction of sp³-hybridized carbons (Fsp3) is 0.600. The maximum Gasteiger partial charge on any atom is 0.317 e. The van der Waals surface area contributed by atoms with E-state index in [1.807, 2.05) is 0 Å². The van der Waals surface area contributed by atoms with Gasteiger partial charge in [-0.1, -0.05) is 6.08 Å². The number of esters is 1. The van der Waals surface area contributed by atoms with Crippen LogP contribution in [0.1, 0.15) is 12.8 Å². The second kappa shape index (κ2) is 7.84. The SMILES string of the molecule is C=CCC(OC(=O)CC(=O)O)C(OC)OC. The fourth-order valence-corrected chi connectivity index (χ4v) is 1.11. The summed E-state index contributed by atoms with van der Waals surface area (Å²) in [5, 5.41) is 8.40. The first-order chi connectivity index (χ1) is 7.54. The molecule has 0 fully saturated rings. The predicted octanol–water partition coefficient (Wildman–Crippen LogP) is 0.568. The zero-order chi connectivity index (χ0) is 12.6. The predicted molar refractivity (Wildman–Crippen MR) is 54.8 cm³/mol. The van der Waals surface area contributed by atoms with Crippen molar-refractivity contribution in [3.8, 4) is 0 Å². The third-order valence-electron chi connectivity index (χ3n) is 1.75. The lowest BCUT2D eigenvalue weighted by atomic mass is 10.2. The standard InChI is InChI=1S/C10H16O6/c1-4-5-7(10(14-2)15-3)16-9(13)6-8(11)12/h4,7,10H,1,5-6H2,2-3H3,(H,11,12). The molecule has 0 spiro atoms. The average molecular weight is 232 g/mol. The number of ether oxygens (including phenoxy) is 3. The van der Waals surface area contributed by atoms with Crippen LogP contribution in [0.15, 0.2) is 12.7 Å². The van der Waals surface area contributed by atoms with Gasteiger partial charge in [-0.25, -0.2) is 0 Å². The number of rotatable bonds is 8. The topological polar surface area (TPSA) is 82.1 Å². The van der Waals surface area contributed by atoms with Crippen LogP contribution in [0.4, 0.5) is 0 Å². The molecule has 0 heterocycles. The highest BCUT2D eigenvalue weighted by Gasteiger charge is 2.24. The summed E-state index contributed by atoms with van der Waals surface area (Å²) >= 11 is 0. The van der Waals surface area contributed by atoms with Crippen molar-refractivity contribution in [2.45, 2.75) is 25.2 Å². The molecular formula is C10H16O6. The molecule has 6 nitrogen and oxygen atoms in total. The summed E-state index contributed by atoms with van der Waals surface area (Å²) in [5.74, 6) is -2.08. The van der Waals surface area contributed by atoms with E-state index in [1.54, 1.807) is 0 Å². The molecule has 0 aliphatic heterocycles. The number of hydrogen-bond acceptors (Lipinski definition) is 5. The molecule has 0 radical (unpaired) electrons. The van der Waals surface area contributed by atoms with Gasteiger partial charge in [0.25, 0.3) is 0 Å². The number of carbonyl (C=O) groups is 2. The molecule has 0 aromatic rings. The lowest BCUT2D eigenvalue weighted by Gasteiger charge is -2.23. The van der Waals surface area contributed by atoms with E-state index in [1.165, 1.54) is 20.3 Å². The third kappa shape index (κ3) is 5.47. The summed E-state index contributed by atoms with van der Waals surface area (Å²) in [5.41, 5.74) is 0. The summed E-state index contributed by atoms with van der Waals surface area (Å²) in [6, 6.07) is 0. The Hall–Kier alpha value is -1.40. The molecule has 1 unspecified atom stereocenters. The van der Waals surface area contributed by atoms with Gasteiger partial charge < -0.3 is 19.3 Å². The third-order valence-corrected chi connectivity index (χ3v) is 1.75. The van der Waals surface area contributed by atoms with Crippen molar-refractivity contribution in [2.75, 3.05) is 14.2 Å². The number of hydrogen-bond donors (Lipinski definition) is 1. The van der Waals surface area contributed by atoms with E-state index in [-0.39, 0.29) is 0 Å². The summed E-state index contributed by atoms with van der Waals surface area (Å²) in [6.07, 6.45) is -0.273. The van der Waals surface area contributed by atoms with Crippen LogP contribution in [0.3, 0.4) is 0 Å². The highest BCUT2D eigenvalue weighted by atomic mass is 16.7. The highest BCUT2D eigenvalue weighted by molar-refractivity contribution is 5.90. The van der Waals surface area contributed by atoms with Crippen molar-refractivity contribution in [3.05, 3.63) is 12.7 Å². The molecule has 0 aromatic carbocycles. The Kier molecular flexibility index (Phi) is 7.15. The first-order valence-electron chi connectivity index (χ1n) is 4.62. The van der Waals surface area contributed by atoms with Gasteiger partial charge in [-0.3, -0.25) is 9.59 Å². The molecule has 0 aliphatic carbocycles. The van der Waals surface area contributed by atoms with Crippen LogP contribution < -0.4 is 0 Å². The lowest BCUT2D eigenvalue weighted by molar-refractivity contribution is -0.191. The van der Waals surface area contributed by atoms with E-state index < -0.39 is 30.8 Å². The Balaban J connectivity index is 4.36. The number of aliphatic carboxylic acids is 1. The number of carbonyl (C=O) groups excluding carboxylic acids is 1. The molecule has 0 aromatic heterocycles. The molecule has 0 bridgehead atoms. The molecule has 1 atom stereocenters. The molecule has 0 saturated carbocycles. The molecule has 0 aliphatic rings. The maximum absolute atomic E-state index is 11.1. The van der Waals surface area contributed by atoms with Gasteiger partial charge in [0.2, 0.25) is 0 Å². The van der Waals surface area contributed by atoms with Crippen molar-refractivity contribution in [1.29, 1.82) is 0 Å². The molecule has 16 heavy (non-hydrogen) atoms. The van der Waals surface area contributed by atoms with E-state index >= 15 is 0 Å². The van der Waals surface area contributed by atoms with Gasteiger partial charge in [0, 0.05) is 20.6 Å². The zero-order valence-electron chi connectivity index (χ0n) is 9.34. The molecule has 1 N–H and O–H groups in total. The largest absolute Gasteiger partial charge is 0.481 e. The average Bonchev–Trinajstić information content (AvgIpc) is 2.18. The van der Waals surface area contributed by atoms with Crippen molar-refractivity contribution in [1.82, 2.24) is 0 Å². The van der Waals surface area contributed by atoms with E-state index in [2.05, 4.69) is 6.58 Å². The first kappa shape index (κ1) is 14.6. The lowest BCUT2D eigenvalue weighted by Crippen LogP contribution is -2.34. The molecule has 0 rings (SSSR count).